The van der Waals surface area contributed by atoms with Crippen LogP contribution in [0.4, 0.5) is 0 Å². The lowest BCUT2D eigenvalue weighted by Crippen LogP contribution is -2.25. The summed E-state index contributed by atoms with van der Waals surface area (Å²) in [5.41, 5.74) is 0. The van der Waals surface area contributed by atoms with Gasteiger partial charge in [0.2, 0.25) is 0 Å². The molecule has 0 saturated heterocycles. The zero-order valence-corrected chi connectivity index (χ0v) is 11.0. The van der Waals surface area contributed by atoms with Crippen molar-refractivity contribution < 1.29 is 0 Å². The molecule has 0 aromatic rings. The van der Waals surface area contributed by atoms with E-state index in [0.717, 1.165) is 17.8 Å². The third kappa shape index (κ3) is 3.15. The van der Waals surface area contributed by atoms with E-state index in [2.05, 4.69) is 19.6 Å². The first-order chi connectivity index (χ1) is 7.29. The molecule has 15 heavy (non-hydrogen) atoms. The standard InChI is InChI=1S/C14H26S/c1-2-11-3-5-12(6-4-11)13-7-9-14(15)10-8-13/h11-15H,2-10H2,1H3. The lowest BCUT2D eigenvalue weighted by Gasteiger charge is -2.36. The Morgan fingerprint density at radius 2 is 1.27 bits per heavy atom. The van der Waals surface area contributed by atoms with Crippen molar-refractivity contribution in [3.05, 3.63) is 0 Å². The molecule has 0 nitrogen and oxygen atoms in total. The van der Waals surface area contributed by atoms with Crippen LogP contribution < -0.4 is 0 Å². The molecular weight excluding hydrogens is 200 g/mol. The SMILES string of the molecule is CCC1CCC(C2CCC(S)CC2)CC1. The molecule has 0 heterocycles. The van der Waals surface area contributed by atoms with E-state index in [0.29, 0.717) is 5.25 Å². The van der Waals surface area contributed by atoms with E-state index in [4.69, 9.17) is 0 Å². The largest absolute Gasteiger partial charge is 0.176 e. The van der Waals surface area contributed by atoms with Gasteiger partial charge in [0.1, 0.15) is 0 Å². The third-order valence-corrected chi connectivity index (χ3v) is 5.39. The van der Waals surface area contributed by atoms with Crippen molar-refractivity contribution in [3.63, 3.8) is 0 Å². The second kappa shape index (κ2) is 5.61. The molecule has 0 aromatic carbocycles. The summed E-state index contributed by atoms with van der Waals surface area (Å²) in [5.74, 6) is 3.20. The number of hydrogen-bond acceptors (Lipinski definition) is 1. The summed E-state index contributed by atoms with van der Waals surface area (Å²) in [6.45, 7) is 2.36. The fourth-order valence-electron chi connectivity index (χ4n) is 3.64. The minimum atomic E-state index is 0.716. The van der Waals surface area contributed by atoms with Gasteiger partial charge in [-0.25, -0.2) is 0 Å². The molecule has 1 heteroatoms. The molecule has 2 aliphatic carbocycles. The van der Waals surface area contributed by atoms with Crippen LogP contribution in [0.3, 0.4) is 0 Å². The molecule has 0 N–H and O–H groups in total. The average Bonchev–Trinajstić information content (AvgIpc) is 2.30. The van der Waals surface area contributed by atoms with Gasteiger partial charge in [-0.1, -0.05) is 26.2 Å². The first-order valence-corrected chi connectivity index (χ1v) is 7.49. The van der Waals surface area contributed by atoms with E-state index >= 15 is 0 Å². The summed E-state index contributed by atoms with van der Waals surface area (Å²) in [6.07, 6.45) is 13.2. The Labute approximate surface area is 101 Å². The Morgan fingerprint density at radius 1 is 0.800 bits per heavy atom. The summed E-state index contributed by atoms with van der Waals surface area (Å²) in [4.78, 5) is 0. The van der Waals surface area contributed by atoms with Gasteiger partial charge >= 0.3 is 0 Å². The third-order valence-electron chi connectivity index (χ3n) is 4.88. The van der Waals surface area contributed by atoms with E-state index in [9.17, 15) is 0 Å². The van der Waals surface area contributed by atoms with Crippen LogP contribution in [-0.2, 0) is 0 Å². The zero-order valence-electron chi connectivity index (χ0n) is 10.1. The van der Waals surface area contributed by atoms with Gasteiger partial charge in [-0.05, 0) is 56.3 Å². The molecular formula is C14H26S. The lowest BCUT2D eigenvalue weighted by atomic mass is 9.70. The van der Waals surface area contributed by atoms with Gasteiger partial charge in [-0.3, -0.25) is 0 Å². The van der Waals surface area contributed by atoms with Crippen LogP contribution in [-0.4, -0.2) is 5.25 Å². The van der Waals surface area contributed by atoms with E-state index < -0.39 is 0 Å². The zero-order chi connectivity index (χ0) is 10.7. The number of rotatable bonds is 2. The fourth-order valence-corrected chi connectivity index (χ4v) is 3.94. The Balaban J connectivity index is 1.75. The van der Waals surface area contributed by atoms with Crippen LogP contribution in [0.2, 0.25) is 0 Å². The summed E-state index contributed by atoms with van der Waals surface area (Å²) in [7, 11) is 0. The van der Waals surface area contributed by atoms with E-state index in [1.165, 1.54) is 57.8 Å². The quantitative estimate of drug-likeness (QED) is 0.649. The molecule has 0 aromatic heterocycles. The molecule has 0 radical (unpaired) electrons. The summed E-state index contributed by atoms with van der Waals surface area (Å²) < 4.78 is 0. The molecule has 2 saturated carbocycles. The Kier molecular flexibility index (Phi) is 4.42. The molecule has 0 spiro atoms. The van der Waals surface area contributed by atoms with Crippen LogP contribution in [0.25, 0.3) is 0 Å². The van der Waals surface area contributed by atoms with E-state index in [-0.39, 0.29) is 0 Å². The van der Waals surface area contributed by atoms with Gasteiger partial charge in [-0.15, -0.1) is 0 Å². The number of hydrogen-bond donors (Lipinski definition) is 1. The molecule has 2 rings (SSSR count). The Bertz CT molecular complexity index is 174. The van der Waals surface area contributed by atoms with Gasteiger partial charge in [0, 0.05) is 5.25 Å². The lowest BCUT2D eigenvalue weighted by molar-refractivity contribution is 0.167. The summed E-state index contributed by atoms with van der Waals surface area (Å²) >= 11 is 4.60. The van der Waals surface area contributed by atoms with Crippen LogP contribution in [0.1, 0.15) is 64.7 Å². The van der Waals surface area contributed by atoms with Gasteiger partial charge in [0.25, 0.3) is 0 Å². The van der Waals surface area contributed by atoms with Crippen molar-refractivity contribution in [1.29, 1.82) is 0 Å². The smallest absolute Gasteiger partial charge is 0.00170 e. The second-order valence-electron chi connectivity index (χ2n) is 5.76. The second-order valence-corrected chi connectivity index (χ2v) is 6.49. The van der Waals surface area contributed by atoms with Crippen molar-refractivity contribution in [1.82, 2.24) is 0 Å². The molecule has 0 bridgehead atoms. The molecule has 2 aliphatic rings. The monoisotopic (exact) mass is 226 g/mol. The first-order valence-electron chi connectivity index (χ1n) is 6.97. The van der Waals surface area contributed by atoms with Crippen molar-refractivity contribution in [3.8, 4) is 0 Å². The van der Waals surface area contributed by atoms with Gasteiger partial charge < -0.3 is 0 Å². The normalized spacial score (nSPS) is 42.8. The highest BCUT2D eigenvalue weighted by atomic mass is 32.1. The summed E-state index contributed by atoms with van der Waals surface area (Å²) in [6, 6.07) is 0. The molecule has 0 unspecified atom stereocenters. The van der Waals surface area contributed by atoms with Crippen LogP contribution in [0, 0.1) is 17.8 Å². The van der Waals surface area contributed by atoms with Gasteiger partial charge in [0.05, 0.1) is 0 Å². The molecule has 88 valence electrons. The van der Waals surface area contributed by atoms with Gasteiger partial charge in [-0.2, -0.15) is 12.6 Å². The highest BCUT2D eigenvalue weighted by molar-refractivity contribution is 7.80. The Hall–Kier alpha value is 0.350. The molecule has 0 atom stereocenters. The predicted molar refractivity (Wildman–Crippen MR) is 70.5 cm³/mol. The maximum atomic E-state index is 4.60. The first kappa shape index (κ1) is 11.8. The molecule has 0 amide bonds. The van der Waals surface area contributed by atoms with Crippen molar-refractivity contribution in [2.45, 2.75) is 70.0 Å². The molecule has 2 fully saturated rings. The molecule has 0 aliphatic heterocycles. The van der Waals surface area contributed by atoms with Crippen LogP contribution in [0.15, 0.2) is 0 Å². The highest BCUT2D eigenvalue weighted by Gasteiger charge is 2.29. The number of thiol groups is 1. The minimum absolute atomic E-state index is 0.716. The van der Waals surface area contributed by atoms with Crippen molar-refractivity contribution in [2.75, 3.05) is 0 Å². The summed E-state index contributed by atoms with van der Waals surface area (Å²) in [5, 5.41) is 0.716. The maximum absolute atomic E-state index is 4.60. The average molecular weight is 226 g/mol. The van der Waals surface area contributed by atoms with Crippen molar-refractivity contribution in [2.24, 2.45) is 17.8 Å². The minimum Gasteiger partial charge on any atom is -0.176 e. The van der Waals surface area contributed by atoms with Crippen LogP contribution >= 0.6 is 12.6 Å². The highest BCUT2D eigenvalue weighted by Crippen LogP contribution is 2.41. The van der Waals surface area contributed by atoms with Gasteiger partial charge in [0.15, 0.2) is 0 Å². The topological polar surface area (TPSA) is 0 Å². The predicted octanol–water partition coefficient (Wildman–Crippen LogP) is 4.69. The fraction of sp³-hybridized carbons (Fsp3) is 1.00. The van der Waals surface area contributed by atoms with E-state index in [1.807, 2.05) is 0 Å². The van der Waals surface area contributed by atoms with E-state index in [1.54, 1.807) is 0 Å². The maximum Gasteiger partial charge on any atom is 0.00170 e. The Morgan fingerprint density at radius 3 is 1.73 bits per heavy atom. The van der Waals surface area contributed by atoms with Crippen LogP contribution in [0.5, 0.6) is 0 Å². The van der Waals surface area contributed by atoms with Crippen molar-refractivity contribution >= 4 is 12.6 Å².